The van der Waals surface area contributed by atoms with Crippen molar-refractivity contribution >= 4 is 28.9 Å². The Morgan fingerprint density at radius 2 is 2.10 bits per heavy atom. The lowest BCUT2D eigenvalue weighted by Gasteiger charge is -2.30. The summed E-state index contributed by atoms with van der Waals surface area (Å²) in [4.78, 5) is 14.6. The number of anilines is 2. The lowest BCUT2D eigenvalue weighted by atomic mass is 9.98. The molecule has 0 aliphatic carbocycles. The number of rotatable bonds is 1. The van der Waals surface area contributed by atoms with Crippen LogP contribution in [0.1, 0.15) is 27.9 Å². The maximum Gasteiger partial charge on any atom is 0.260 e. The summed E-state index contributed by atoms with van der Waals surface area (Å²) in [5.74, 6) is -0.0835. The third kappa shape index (κ3) is 2.49. The number of para-hydroxylation sites is 1. The second-order valence-corrected chi connectivity index (χ2v) is 5.80. The van der Waals surface area contributed by atoms with Crippen LogP contribution in [0.3, 0.4) is 0 Å². The van der Waals surface area contributed by atoms with Crippen LogP contribution in [0.15, 0.2) is 36.4 Å². The van der Waals surface area contributed by atoms with E-state index in [-0.39, 0.29) is 5.91 Å². The van der Waals surface area contributed by atoms with Crippen molar-refractivity contribution in [3.63, 3.8) is 0 Å². The van der Waals surface area contributed by atoms with E-state index in [9.17, 15) is 4.79 Å². The standard InChI is InChI=1S/C17H17ClN2O/c1-11-7-8-15-12(10-11)4-3-9-20(15)17(21)13-5-2-6-14(18)16(13)19/h2,5-8,10H,3-4,9,19H2,1H3. The number of hydrogen-bond acceptors (Lipinski definition) is 2. The number of nitrogen functional groups attached to an aromatic ring is 1. The van der Waals surface area contributed by atoms with Crippen molar-refractivity contribution in [2.45, 2.75) is 19.8 Å². The van der Waals surface area contributed by atoms with Crippen molar-refractivity contribution < 1.29 is 4.79 Å². The number of hydrogen-bond donors (Lipinski definition) is 1. The first-order valence-corrected chi connectivity index (χ1v) is 7.41. The molecule has 2 aromatic rings. The zero-order chi connectivity index (χ0) is 15.0. The van der Waals surface area contributed by atoms with E-state index in [2.05, 4.69) is 13.0 Å². The van der Waals surface area contributed by atoms with Crippen LogP contribution < -0.4 is 10.6 Å². The van der Waals surface area contributed by atoms with E-state index in [0.717, 1.165) is 18.5 Å². The highest BCUT2D eigenvalue weighted by Crippen LogP contribution is 2.31. The lowest BCUT2D eigenvalue weighted by Crippen LogP contribution is -2.35. The van der Waals surface area contributed by atoms with Crippen LogP contribution in [0.25, 0.3) is 0 Å². The molecule has 21 heavy (non-hydrogen) atoms. The van der Waals surface area contributed by atoms with E-state index >= 15 is 0 Å². The quantitative estimate of drug-likeness (QED) is 0.814. The normalized spacial score (nSPS) is 13.9. The molecule has 3 rings (SSSR count). The molecule has 1 heterocycles. The van der Waals surface area contributed by atoms with Crippen molar-refractivity contribution in [2.75, 3.05) is 17.2 Å². The minimum absolute atomic E-state index is 0.0835. The van der Waals surface area contributed by atoms with Crippen molar-refractivity contribution in [3.05, 3.63) is 58.1 Å². The predicted molar refractivity (Wildman–Crippen MR) is 87.0 cm³/mol. The molecule has 1 amide bonds. The van der Waals surface area contributed by atoms with Gasteiger partial charge in [-0.05, 0) is 43.5 Å². The Bertz CT molecular complexity index is 712. The first-order chi connectivity index (χ1) is 10.1. The van der Waals surface area contributed by atoms with Gasteiger partial charge in [0.15, 0.2) is 0 Å². The van der Waals surface area contributed by atoms with E-state index in [4.69, 9.17) is 17.3 Å². The Balaban J connectivity index is 2.02. The Morgan fingerprint density at radius 3 is 2.90 bits per heavy atom. The van der Waals surface area contributed by atoms with Crippen LogP contribution in [-0.2, 0) is 6.42 Å². The molecular weight excluding hydrogens is 284 g/mol. The molecule has 3 nitrogen and oxygen atoms in total. The summed E-state index contributed by atoms with van der Waals surface area (Å²) < 4.78 is 0. The minimum atomic E-state index is -0.0835. The number of halogens is 1. The molecule has 0 radical (unpaired) electrons. The maximum absolute atomic E-state index is 12.8. The van der Waals surface area contributed by atoms with Gasteiger partial charge in [-0.3, -0.25) is 4.79 Å². The summed E-state index contributed by atoms with van der Waals surface area (Å²) in [5, 5.41) is 0.419. The van der Waals surface area contributed by atoms with Gasteiger partial charge in [0.25, 0.3) is 5.91 Å². The minimum Gasteiger partial charge on any atom is -0.397 e. The number of carbonyl (C=O) groups is 1. The van der Waals surface area contributed by atoms with Gasteiger partial charge >= 0.3 is 0 Å². The van der Waals surface area contributed by atoms with E-state index in [0.29, 0.717) is 22.8 Å². The maximum atomic E-state index is 12.8. The fourth-order valence-corrected chi connectivity index (χ4v) is 2.98. The lowest BCUT2D eigenvalue weighted by molar-refractivity contribution is 0.0986. The Labute approximate surface area is 129 Å². The van der Waals surface area contributed by atoms with Crippen LogP contribution in [0.5, 0.6) is 0 Å². The van der Waals surface area contributed by atoms with Crippen LogP contribution in [-0.4, -0.2) is 12.5 Å². The van der Waals surface area contributed by atoms with Crippen molar-refractivity contribution in [3.8, 4) is 0 Å². The number of carbonyl (C=O) groups excluding carboxylic acids is 1. The van der Waals surface area contributed by atoms with E-state index in [1.54, 1.807) is 23.1 Å². The third-order valence-electron chi connectivity index (χ3n) is 3.88. The van der Waals surface area contributed by atoms with Gasteiger partial charge in [-0.2, -0.15) is 0 Å². The zero-order valence-corrected chi connectivity index (χ0v) is 12.7. The summed E-state index contributed by atoms with van der Waals surface area (Å²) in [6.45, 7) is 2.77. The first-order valence-electron chi connectivity index (χ1n) is 7.03. The monoisotopic (exact) mass is 300 g/mol. The molecular formula is C17H17ClN2O. The molecule has 0 aromatic heterocycles. The molecule has 0 fully saturated rings. The van der Waals surface area contributed by atoms with Gasteiger partial charge in [0.2, 0.25) is 0 Å². The molecule has 1 aliphatic rings. The van der Waals surface area contributed by atoms with E-state index < -0.39 is 0 Å². The molecule has 0 bridgehead atoms. The molecule has 108 valence electrons. The molecule has 0 saturated heterocycles. The molecule has 1 aliphatic heterocycles. The van der Waals surface area contributed by atoms with Crippen LogP contribution in [0, 0.1) is 6.92 Å². The third-order valence-corrected chi connectivity index (χ3v) is 4.21. The topological polar surface area (TPSA) is 46.3 Å². The highest BCUT2D eigenvalue weighted by Gasteiger charge is 2.25. The van der Waals surface area contributed by atoms with Gasteiger partial charge in [0.05, 0.1) is 16.3 Å². The van der Waals surface area contributed by atoms with Crippen molar-refractivity contribution in [1.82, 2.24) is 0 Å². The van der Waals surface area contributed by atoms with Gasteiger partial charge in [-0.15, -0.1) is 0 Å². The highest BCUT2D eigenvalue weighted by atomic mass is 35.5. The van der Waals surface area contributed by atoms with E-state index in [1.807, 2.05) is 12.1 Å². The molecule has 2 N–H and O–H groups in total. The second-order valence-electron chi connectivity index (χ2n) is 5.39. The summed E-state index contributed by atoms with van der Waals surface area (Å²) in [6.07, 6.45) is 1.97. The number of nitrogens with two attached hydrogens (primary N) is 1. The van der Waals surface area contributed by atoms with Crippen LogP contribution >= 0.6 is 11.6 Å². The SMILES string of the molecule is Cc1ccc2c(c1)CCCN2C(=O)c1cccc(Cl)c1N. The molecule has 0 atom stereocenters. The number of aryl methyl sites for hydroxylation is 2. The highest BCUT2D eigenvalue weighted by molar-refractivity contribution is 6.34. The molecule has 0 saturated carbocycles. The molecule has 4 heteroatoms. The molecule has 2 aromatic carbocycles. The van der Waals surface area contributed by atoms with Gasteiger partial charge in [-0.1, -0.05) is 35.4 Å². The largest absolute Gasteiger partial charge is 0.397 e. The molecule has 0 unspecified atom stereocenters. The summed E-state index contributed by atoms with van der Waals surface area (Å²) in [7, 11) is 0. The van der Waals surface area contributed by atoms with Crippen LogP contribution in [0.4, 0.5) is 11.4 Å². The van der Waals surface area contributed by atoms with E-state index in [1.165, 1.54) is 11.1 Å². The van der Waals surface area contributed by atoms with Crippen molar-refractivity contribution in [2.24, 2.45) is 0 Å². The Morgan fingerprint density at radius 1 is 1.29 bits per heavy atom. The second kappa shape index (κ2) is 5.41. The fourth-order valence-electron chi connectivity index (χ4n) is 2.81. The number of benzene rings is 2. The average molecular weight is 301 g/mol. The summed E-state index contributed by atoms with van der Waals surface area (Å²) in [6, 6.07) is 11.4. The summed E-state index contributed by atoms with van der Waals surface area (Å²) in [5.41, 5.74) is 10.2. The smallest absolute Gasteiger partial charge is 0.260 e. The predicted octanol–water partition coefficient (Wildman–Crippen LogP) is 3.82. The van der Waals surface area contributed by atoms with Gasteiger partial charge in [0, 0.05) is 12.2 Å². The number of fused-ring (bicyclic) bond motifs is 1. The van der Waals surface area contributed by atoms with Crippen molar-refractivity contribution in [1.29, 1.82) is 0 Å². The van der Waals surface area contributed by atoms with Gasteiger partial charge in [0.1, 0.15) is 0 Å². The Kier molecular flexibility index (Phi) is 3.60. The number of amides is 1. The zero-order valence-electron chi connectivity index (χ0n) is 11.9. The molecule has 0 spiro atoms. The first kappa shape index (κ1) is 14.0. The fraction of sp³-hybridized carbons (Fsp3) is 0.235. The van der Waals surface area contributed by atoms with Gasteiger partial charge < -0.3 is 10.6 Å². The van der Waals surface area contributed by atoms with Gasteiger partial charge in [-0.25, -0.2) is 0 Å². The Hall–Kier alpha value is -2.00. The number of nitrogens with zero attached hydrogens (tertiary/aromatic N) is 1. The van der Waals surface area contributed by atoms with Crippen LogP contribution in [0.2, 0.25) is 5.02 Å². The average Bonchev–Trinajstić information content (AvgIpc) is 2.48. The summed E-state index contributed by atoms with van der Waals surface area (Å²) >= 11 is 6.02.